The Balaban J connectivity index is 3.91. The third-order valence-corrected chi connectivity index (χ3v) is 8.97. The molecule has 0 aromatic heterocycles. The molecular weight excluding hydrogens is 598 g/mol. The molecule has 0 aromatic carbocycles. The fourth-order valence-corrected chi connectivity index (χ4v) is 5.72. The number of hydrogen-bond acceptors (Lipinski definition) is 5. The lowest BCUT2D eigenvalue weighted by molar-refractivity contribution is -0.132. The summed E-state index contributed by atoms with van der Waals surface area (Å²) in [4.78, 5) is 12.4. The van der Waals surface area contributed by atoms with Gasteiger partial charge in [-0.3, -0.25) is 4.79 Å². The number of unbranched alkanes of at least 4 members (excludes halogenated alkanes) is 18. The van der Waals surface area contributed by atoms with Gasteiger partial charge in [-0.1, -0.05) is 140 Å². The van der Waals surface area contributed by atoms with Crippen molar-refractivity contribution in [3.05, 3.63) is 48.6 Å². The van der Waals surface area contributed by atoms with Crippen LogP contribution in [-0.4, -0.2) is 57.3 Å². The van der Waals surface area contributed by atoms with Crippen LogP contribution in [0.2, 0.25) is 0 Å². The van der Waals surface area contributed by atoms with E-state index in [1.165, 1.54) is 89.9 Å². The standard InChI is InChI=1S/C42H77NO5/c1-3-5-7-9-11-13-15-17-18-19-20-21-22-23-24-26-27-29-31-33-35-39(45)41(47)38(37-44)43-42(48)40(46)36-34-32-30-28-25-16-14-12-10-8-6-4-2/h18-19,22-23,25,27-29,38-41,44-47H,3-17,20-21,24,26,30-37H2,1-2H3,(H,43,48)/b19-18+,23-22+,28-25-,29-27+. The number of allylic oxidation sites excluding steroid dienone is 8. The van der Waals surface area contributed by atoms with Gasteiger partial charge in [0, 0.05) is 0 Å². The predicted molar refractivity (Wildman–Crippen MR) is 205 cm³/mol. The van der Waals surface area contributed by atoms with Gasteiger partial charge < -0.3 is 25.7 Å². The molecule has 6 nitrogen and oxygen atoms in total. The van der Waals surface area contributed by atoms with Crippen LogP contribution in [0.15, 0.2) is 48.6 Å². The number of carbonyl (C=O) groups is 1. The molecule has 4 atom stereocenters. The van der Waals surface area contributed by atoms with Crippen molar-refractivity contribution >= 4 is 5.91 Å². The first-order valence-electron chi connectivity index (χ1n) is 20.0. The van der Waals surface area contributed by atoms with Crippen LogP contribution < -0.4 is 5.32 Å². The van der Waals surface area contributed by atoms with Crippen LogP contribution in [0, 0.1) is 0 Å². The second-order valence-electron chi connectivity index (χ2n) is 13.6. The van der Waals surface area contributed by atoms with E-state index in [0.29, 0.717) is 25.7 Å². The molecule has 0 fully saturated rings. The Bertz CT molecular complexity index is 808. The van der Waals surface area contributed by atoms with Gasteiger partial charge in [-0.15, -0.1) is 0 Å². The Kier molecular flexibility index (Phi) is 35.2. The van der Waals surface area contributed by atoms with Gasteiger partial charge in [0.1, 0.15) is 12.2 Å². The van der Waals surface area contributed by atoms with Crippen molar-refractivity contribution in [2.24, 2.45) is 0 Å². The van der Waals surface area contributed by atoms with E-state index < -0.39 is 36.9 Å². The van der Waals surface area contributed by atoms with Gasteiger partial charge in [0.2, 0.25) is 5.91 Å². The number of aliphatic hydroxyl groups excluding tert-OH is 4. The molecule has 0 radical (unpaired) electrons. The Morgan fingerprint density at radius 2 is 0.875 bits per heavy atom. The van der Waals surface area contributed by atoms with Crippen LogP contribution in [0.5, 0.6) is 0 Å². The van der Waals surface area contributed by atoms with Crippen LogP contribution in [-0.2, 0) is 4.79 Å². The first-order valence-corrected chi connectivity index (χ1v) is 20.0. The summed E-state index contributed by atoms with van der Waals surface area (Å²) in [6, 6.07) is -1.02. The molecule has 0 spiro atoms. The number of rotatable bonds is 35. The highest BCUT2D eigenvalue weighted by Gasteiger charge is 2.28. The summed E-state index contributed by atoms with van der Waals surface area (Å²) >= 11 is 0. The molecule has 0 bridgehead atoms. The zero-order valence-electron chi connectivity index (χ0n) is 31.2. The average molecular weight is 676 g/mol. The maximum atomic E-state index is 12.4. The minimum Gasteiger partial charge on any atom is -0.394 e. The van der Waals surface area contributed by atoms with E-state index in [-0.39, 0.29) is 0 Å². The van der Waals surface area contributed by atoms with Crippen LogP contribution in [0.1, 0.15) is 181 Å². The quantitative estimate of drug-likeness (QED) is 0.0339. The minimum atomic E-state index is -1.30. The van der Waals surface area contributed by atoms with Crippen LogP contribution >= 0.6 is 0 Å². The maximum Gasteiger partial charge on any atom is 0.249 e. The molecule has 0 aliphatic rings. The molecule has 1 amide bonds. The SMILES string of the molecule is CCCCCCCC/C=C\CCCCC(O)C(=O)NC(CO)C(O)C(O)CCC/C=C/CC/C=C/CC/C=C/CCCCCCCCC. The van der Waals surface area contributed by atoms with Crippen molar-refractivity contribution in [3.63, 3.8) is 0 Å². The monoisotopic (exact) mass is 676 g/mol. The van der Waals surface area contributed by atoms with Crippen molar-refractivity contribution in [2.75, 3.05) is 6.61 Å². The summed E-state index contributed by atoms with van der Waals surface area (Å²) in [5.41, 5.74) is 0. The molecule has 0 aromatic rings. The summed E-state index contributed by atoms with van der Waals surface area (Å²) in [5, 5.41) is 43.4. The lowest BCUT2D eigenvalue weighted by Crippen LogP contribution is -2.53. The normalized spacial score (nSPS) is 14.9. The third-order valence-electron chi connectivity index (χ3n) is 8.97. The first kappa shape index (κ1) is 46.3. The number of amides is 1. The zero-order chi connectivity index (χ0) is 35.3. The summed E-state index contributed by atoms with van der Waals surface area (Å²) in [6.07, 6.45) is 42.8. The summed E-state index contributed by atoms with van der Waals surface area (Å²) in [7, 11) is 0. The Labute approximate surface area is 296 Å². The number of aliphatic hydroxyl groups is 4. The van der Waals surface area contributed by atoms with E-state index >= 15 is 0 Å². The number of hydrogen-bond donors (Lipinski definition) is 5. The Hall–Kier alpha value is -1.73. The van der Waals surface area contributed by atoms with Gasteiger partial charge in [0.25, 0.3) is 0 Å². The summed E-state index contributed by atoms with van der Waals surface area (Å²) < 4.78 is 0. The summed E-state index contributed by atoms with van der Waals surface area (Å²) in [6.45, 7) is 3.98. The molecular formula is C42H77NO5. The zero-order valence-corrected chi connectivity index (χ0v) is 31.2. The van der Waals surface area contributed by atoms with Gasteiger partial charge in [-0.05, 0) is 89.9 Å². The van der Waals surface area contributed by atoms with Crippen LogP contribution in [0.3, 0.4) is 0 Å². The van der Waals surface area contributed by atoms with E-state index in [0.717, 1.165) is 51.4 Å². The van der Waals surface area contributed by atoms with Crippen molar-refractivity contribution in [1.29, 1.82) is 0 Å². The van der Waals surface area contributed by atoms with Gasteiger partial charge in [-0.25, -0.2) is 0 Å². The molecule has 5 N–H and O–H groups in total. The van der Waals surface area contributed by atoms with Crippen LogP contribution in [0.25, 0.3) is 0 Å². The molecule has 0 aliphatic carbocycles. The molecule has 0 saturated heterocycles. The molecule has 48 heavy (non-hydrogen) atoms. The van der Waals surface area contributed by atoms with Crippen molar-refractivity contribution in [2.45, 2.75) is 205 Å². The highest BCUT2D eigenvalue weighted by Crippen LogP contribution is 2.13. The van der Waals surface area contributed by atoms with E-state index in [9.17, 15) is 25.2 Å². The molecule has 0 heterocycles. The van der Waals surface area contributed by atoms with E-state index in [1.807, 2.05) is 0 Å². The second-order valence-corrected chi connectivity index (χ2v) is 13.6. The largest absolute Gasteiger partial charge is 0.394 e. The third kappa shape index (κ3) is 30.3. The lowest BCUT2D eigenvalue weighted by atomic mass is 10.00. The minimum absolute atomic E-state index is 0.326. The number of carbonyl (C=O) groups excluding carboxylic acids is 1. The van der Waals surface area contributed by atoms with Gasteiger partial charge in [0.05, 0.1) is 18.8 Å². The molecule has 280 valence electrons. The van der Waals surface area contributed by atoms with E-state index in [4.69, 9.17) is 0 Å². The van der Waals surface area contributed by atoms with Crippen molar-refractivity contribution < 1.29 is 25.2 Å². The maximum absolute atomic E-state index is 12.4. The van der Waals surface area contributed by atoms with Crippen molar-refractivity contribution in [3.8, 4) is 0 Å². The van der Waals surface area contributed by atoms with E-state index in [1.54, 1.807) is 0 Å². The van der Waals surface area contributed by atoms with E-state index in [2.05, 4.69) is 67.8 Å². The highest BCUT2D eigenvalue weighted by atomic mass is 16.3. The van der Waals surface area contributed by atoms with Gasteiger partial charge in [-0.2, -0.15) is 0 Å². The Morgan fingerprint density at radius 3 is 1.31 bits per heavy atom. The van der Waals surface area contributed by atoms with Gasteiger partial charge >= 0.3 is 0 Å². The smallest absolute Gasteiger partial charge is 0.249 e. The molecule has 4 unspecified atom stereocenters. The highest BCUT2D eigenvalue weighted by molar-refractivity contribution is 5.80. The topological polar surface area (TPSA) is 110 Å². The molecule has 6 heteroatoms. The lowest BCUT2D eigenvalue weighted by Gasteiger charge is -2.27. The fourth-order valence-electron chi connectivity index (χ4n) is 5.72. The molecule has 0 saturated carbocycles. The average Bonchev–Trinajstić information content (AvgIpc) is 3.09. The predicted octanol–water partition coefficient (Wildman–Crippen LogP) is 9.95. The number of nitrogens with one attached hydrogen (secondary N) is 1. The second kappa shape index (κ2) is 36.5. The van der Waals surface area contributed by atoms with Gasteiger partial charge in [0.15, 0.2) is 0 Å². The summed E-state index contributed by atoms with van der Waals surface area (Å²) in [5.74, 6) is -0.619. The first-order chi connectivity index (χ1) is 23.5. The molecule has 0 rings (SSSR count). The fraction of sp³-hybridized carbons (Fsp3) is 0.786. The van der Waals surface area contributed by atoms with Crippen molar-refractivity contribution in [1.82, 2.24) is 5.32 Å². The van der Waals surface area contributed by atoms with Crippen LogP contribution in [0.4, 0.5) is 0 Å². The molecule has 0 aliphatic heterocycles. The Morgan fingerprint density at radius 1 is 0.500 bits per heavy atom.